The summed E-state index contributed by atoms with van der Waals surface area (Å²) in [6, 6.07) is 18.4. The third-order valence-corrected chi connectivity index (χ3v) is 3.82. The summed E-state index contributed by atoms with van der Waals surface area (Å²) in [6.07, 6.45) is 1.62. The second-order valence-electron chi connectivity index (χ2n) is 6.38. The fraction of sp³-hybridized carbons (Fsp3) is 0.182. The quantitative estimate of drug-likeness (QED) is 0.652. The van der Waals surface area contributed by atoms with E-state index in [9.17, 15) is 9.90 Å². The van der Waals surface area contributed by atoms with E-state index in [0.717, 1.165) is 16.7 Å². The van der Waals surface area contributed by atoms with Gasteiger partial charge in [0.15, 0.2) is 0 Å². The zero-order valence-electron chi connectivity index (χ0n) is 15.3. The van der Waals surface area contributed by atoms with Gasteiger partial charge in [0.05, 0.1) is 11.7 Å². The first-order valence-corrected chi connectivity index (χ1v) is 8.69. The standard InChI is InChI=1S/C22H21NO4/c1-15(2)27-20-11-18(10-19(12-20)22(24)25)17-8-9-21(23-13-17)26-14-16-6-4-3-5-7-16/h3-13,15H,14H2,1-2H3,(H,24,25). The Morgan fingerprint density at radius 1 is 1.04 bits per heavy atom. The molecule has 138 valence electrons. The molecule has 0 aliphatic carbocycles. The number of ether oxygens (including phenoxy) is 2. The molecule has 0 bridgehead atoms. The van der Waals surface area contributed by atoms with E-state index in [1.54, 1.807) is 18.3 Å². The Kier molecular flexibility index (Phi) is 5.71. The highest BCUT2D eigenvalue weighted by Gasteiger charge is 2.11. The monoisotopic (exact) mass is 363 g/mol. The molecule has 1 aromatic heterocycles. The summed E-state index contributed by atoms with van der Waals surface area (Å²) in [4.78, 5) is 15.7. The molecule has 5 heteroatoms. The number of benzene rings is 2. The smallest absolute Gasteiger partial charge is 0.335 e. The highest BCUT2D eigenvalue weighted by Crippen LogP contribution is 2.27. The summed E-state index contributed by atoms with van der Waals surface area (Å²) in [5.41, 5.74) is 2.76. The van der Waals surface area contributed by atoms with Crippen LogP contribution in [-0.2, 0) is 6.61 Å². The number of aromatic carboxylic acids is 1. The summed E-state index contributed by atoms with van der Waals surface area (Å²) in [6.45, 7) is 4.23. The number of aromatic nitrogens is 1. The predicted octanol–water partition coefficient (Wildman–Crippen LogP) is 4.81. The molecule has 0 unspecified atom stereocenters. The van der Waals surface area contributed by atoms with Gasteiger partial charge in [0.1, 0.15) is 12.4 Å². The molecule has 1 N–H and O–H groups in total. The van der Waals surface area contributed by atoms with Gasteiger partial charge in [-0.2, -0.15) is 0 Å². The first kappa shape index (κ1) is 18.5. The van der Waals surface area contributed by atoms with Crippen molar-refractivity contribution in [3.8, 4) is 22.8 Å². The van der Waals surface area contributed by atoms with Gasteiger partial charge < -0.3 is 14.6 Å². The molecule has 5 nitrogen and oxygen atoms in total. The molecule has 3 aromatic rings. The molecular formula is C22H21NO4. The van der Waals surface area contributed by atoms with Crippen LogP contribution in [0.15, 0.2) is 66.9 Å². The van der Waals surface area contributed by atoms with Gasteiger partial charge in [-0.1, -0.05) is 30.3 Å². The molecule has 0 aliphatic rings. The number of hydrogen-bond donors (Lipinski definition) is 1. The second-order valence-corrected chi connectivity index (χ2v) is 6.38. The number of nitrogens with zero attached hydrogens (tertiary/aromatic N) is 1. The average Bonchev–Trinajstić information content (AvgIpc) is 2.67. The number of rotatable bonds is 7. The van der Waals surface area contributed by atoms with Gasteiger partial charge >= 0.3 is 5.97 Å². The predicted molar refractivity (Wildman–Crippen MR) is 103 cm³/mol. The number of carboxylic acids is 1. The van der Waals surface area contributed by atoms with Gasteiger partial charge in [-0.05, 0) is 49.2 Å². The van der Waals surface area contributed by atoms with E-state index >= 15 is 0 Å². The van der Waals surface area contributed by atoms with E-state index in [-0.39, 0.29) is 11.7 Å². The average molecular weight is 363 g/mol. The van der Waals surface area contributed by atoms with Crippen molar-refractivity contribution in [3.05, 3.63) is 78.0 Å². The Morgan fingerprint density at radius 3 is 2.44 bits per heavy atom. The van der Waals surface area contributed by atoms with Crippen LogP contribution in [0, 0.1) is 0 Å². The van der Waals surface area contributed by atoms with Crippen molar-refractivity contribution in [2.75, 3.05) is 0 Å². The van der Waals surface area contributed by atoms with Crippen LogP contribution in [0.25, 0.3) is 11.1 Å². The van der Waals surface area contributed by atoms with Crippen molar-refractivity contribution >= 4 is 5.97 Å². The summed E-state index contributed by atoms with van der Waals surface area (Å²) < 4.78 is 11.4. The van der Waals surface area contributed by atoms with E-state index < -0.39 is 5.97 Å². The molecule has 2 aromatic carbocycles. The van der Waals surface area contributed by atoms with Crippen LogP contribution < -0.4 is 9.47 Å². The van der Waals surface area contributed by atoms with E-state index in [2.05, 4.69) is 4.98 Å². The number of carbonyl (C=O) groups is 1. The molecule has 0 radical (unpaired) electrons. The van der Waals surface area contributed by atoms with Crippen LogP contribution >= 0.6 is 0 Å². The van der Waals surface area contributed by atoms with Crippen molar-refractivity contribution in [3.63, 3.8) is 0 Å². The molecule has 0 saturated carbocycles. The fourth-order valence-electron chi connectivity index (χ4n) is 2.60. The Balaban J connectivity index is 1.79. The van der Waals surface area contributed by atoms with Crippen LogP contribution in [0.4, 0.5) is 0 Å². The van der Waals surface area contributed by atoms with E-state index in [1.807, 2.05) is 56.3 Å². The lowest BCUT2D eigenvalue weighted by molar-refractivity contribution is 0.0696. The summed E-state index contributed by atoms with van der Waals surface area (Å²) in [5, 5.41) is 9.35. The van der Waals surface area contributed by atoms with Crippen molar-refractivity contribution in [1.29, 1.82) is 0 Å². The Hall–Kier alpha value is -3.34. The fourth-order valence-corrected chi connectivity index (χ4v) is 2.60. The summed E-state index contributed by atoms with van der Waals surface area (Å²) in [5.74, 6) is 0.0289. The molecule has 0 saturated heterocycles. The lowest BCUT2D eigenvalue weighted by Gasteiger charge is -2.13. The maximum Gasteiger partial charge on any atom is 0.335 e. The Bertz CT molecular complexity index is 905. The molecular weight excluding hydrogens is 342 g/mol. The Labute approximate surface area is 158 Å². The van der Waals surface area contributed by atoms with E-state index in [1.165, 1.54) is 6.07 Å². The van der Waals surface area contributed by atoms with Gasteiger partial charge in [-0.3, -0.25) is 0 Å². The SMILES string of the molecule is CC(C)Oc1cc(C(=O)O)cc(-c2ccc(OCc3ccccc3)nc2)c1. The largest absolute Gasteiger partial charge is 0.491 e. The number of hydrogen-bond acceptors (Lipinski definition) is 4. The zero-order chi connectivity index (χ0) is 19.2. The molecule has 0 fully saturated rings. The summed E-state index contributed by atoms with van der Waals surface area (Å²) in [7, 11) is 0. The lowest BCUT2D eigenvalue weighted by atomic mass is 10.0. The molecule has 1 heterocycles. The van der Waals surface area contributed by atoms with E-state index in [0.29, 0.717) is 18.2 Å². The minimum atomic E-state index is -0.999. The highest BCUT2D eigenvalue weighted by atomic mass is 16.5. The molecule has 27 heavy (non-hydrogen) atoms. The molecule has 3 rings (SSSR count). The maximum atomic E-state index is 11.4. The van der Waals surface area contributed by atoms with Gasteiger partial charge in [0.2, 0.25) is 5.88 Å². The van der Waals surface area contributed by atoms with E-state index in [4.69, 9.17) is 9.47 Å². The highest BCUT2D eigenvalue weighted by molar-refractivity contribution is 5.90. The van der Waals surface area contributed by atoms with Crippen LogP contribution in [0.5, 0.6) is 11.6 Å². The van der Waals surface area contributed by atoms with Crippen LogP contribution in [0.3, 0.4) is 0 Å². The first-order valence-electron chi connectivity index (χ1n) is 8.69. The Morgan fingerprint density at radius 2 is 1.81 bits per heavy atom. The van der Waals surface area contributed by atoms with Crippen LogP contribution in [0.1, 0.15) is 29.8 Å². The zero-order valence-corrected chi connectivity index (χ0v) is 15.3. The maximum absolute atomic E-state index is 11.4. The van der Waals surface area contributed by atoms with Crippen molar-refractivity contribution < 1.29 is 19.4 Å². The van der Waals surface area contributed by atoms with Crippen LogP contribution in [0.2, 0.25) is 0 Å². The minimum Gasteiger partial charge on any atom is -0.491 e. The van der Waals surface area contributed by atoms with Gasteiger partial charge in [0.25, 0.3) is 0 Å². The lowest BCUT2D eigenvalue weighted by Crippen LogP contribution is -2.07. The molecule has 0 aliphatic heterocycles. The van der Waals surface area contributed by atoms with Gasteiger partial charge in [0, 0.05) is 17.8 Å². The van der Waals surface area contributed by atoms with Crippen molar-refractivity contribution in [2.45, 2.75) is 26.6 Å². The van der Waals surface area contributed by atoms with Gasteiger partial charge in [-0.25, -0.2) is 9.78 Å². The third-order valence-electron chi connectivity index (χ3n) is 3.82. The van der Waals surface area contributed by atoms with Crippen molar-refractivity contribution in [2.24, 2.45) is 0 Å². The first-order chi connectivity index (χ1) is 13.0. The summed E-state index contributed by atoms with van der Waals surface area (Å²) >= 11 is 0. The number of carboxylic acid groups (broad SMARTS) is 1. The normalized spacial score (nSPS) is 10.6. The molecule has 0 spiro atoms. The number of pyridine rings is 1. The second kappa shape index (κ2) is 8.36. The van der Waals surface area contributed by atoms with Gasteiger partial charge in [-0.15, -0.1) is 0 Å². The minimum absolute atomic E-state index is 0.0474. The topological polar surface area (TPSA) is 68.7 Å². The molecule has 0 atom stereocenters. The third kappa shape index (κ3) is 5.07. The van der Waals surface area contributed by atoms with Crippen LogP contribution in [-0.4, -0.2) is 22.2 Å². The molecule has 0 amide bonds. The van der Waals surface area contributed by atoms with Crippen molar-refractivity contribution in [1.82, 2.24) is 4.98 Å².